The second-order valence-corrected chi connectivity index (χ2v) is 5.37. The molecule has 1 aromatic carbocycles. The van der Waals surface area contributed by atoms with Crippen molar-refractivity contribution in [1.29, 1.82) is 0 Å². The number of hydrogen-bond donors (Lipinski definition) is 2. The van der Waals surface area contributed by atoms with E-state index in [1.807, 2.05) is 52.0 Å². The van der Waals surface area contributed by atoms with E-state index in [2.05, 4.69) is 10.6 Å². The number of rotatable bonds is 4. The number of hydrogen-bond acceptors (Lipinski definition) is 3. The highest BCUT2D eigenvalue weighted by Crippen LogP contribution is 2.23. The van der Waals surface area contributed by atoms with Crippen molar-refractivity contribution < 1.29 is 13.9 Å². The summed E-state index contributed by atoms with van der Waals surface area (Å²) in [6.45, 7) is 7.65. The fraction of sp³-hybridized carbons (Fsp3) is 0.353. The van der Waals surface area contributed by atoms with Crippen LogP contribution in [0.15, 0.2) is 28.7 Å². The molecule has 22 heavy (non-hydrogen) atoms. The van der Waals surface area contributed by atoms with Crippen LogP contribution >= 0.6 is 0 Å². The van der Waals surface area contributed by atoms with Crippen LogP contribution in [0.2, 0.25) is 0 Å². The van der Waals surface area contributed by atoms with Crippen molar-refractivity contribution in [3.63, 3.8) is 0 Å². The number of amides is 2. The second-order valence-electron chi connectivity index (χ2n) is 5.37. The minimum atomic E-state index is -0.254. The molecule has 0 fully saturated rings. The molecule has 2 rings (SSSR count). The third-order valence-corrected chi connectivity index (χ3v) is 3.55. The van der Waals surface area contributed by atoms with Crippen molar-refractivity contribution in [3.05, 3.63) is 46.9 Å². The zero-order valence-electron chi connectivity index (χ0n) is 13.6. The Morgan fingerprint density at radius 2 is 1.95 bits per heavy atom. The zero-order valence-corrected chi connectivity index (χ0v) is 13.6. The molecule has 1 heterocycles. The molecule has 0 aliphatic carbocycles. The van der Waals surface area contributed by atoms with Gasteiger partial charge in [-0.25, -0.2) is 4.79 Å². The van der Waals surface area contributed by atoms with Crippen molar-refractivity contribution in [2.75, 3.05) is 12.4 Å². The van der Waals surface area contributed by atoms with Crippen LogP contribution in [0.25, 0.3) is 0 Å². The number of benzene rings is 1. The van der Waals surface area contributed by atoms with Gasteiger partial charge in [-0.2, -0.15) is 0 Å². The molecule has 5 nitrogen and oxygen atoms in total. The summed E-state index contributed by atoms with van der Waals surface area (Å²) in [6.07, 6.45) is 0. The molecule has 2 amide bonds. The summed E-state index contributed by atoms with van der Waals surface area (Å²) in [5, 5.41) is 5.73. The van der Waals surface area contributed by atoms with Crippen molar-refractivity contribution in [3.8, 4) is 5.75 Å². The Hall–Kier alpha value is -2.43. The van der Waals surface area contributed by atoms with Crippen LogP contribution in [0.3, 0.4) is 0 Å². The number of carbonyl (C=O) groups is 1. The molecule has 0 radical (unpaired) electrons. The van der Waals surface area contributed by atoms with Gasteiger partial charge in [0.05, 0.1) is 13.2 Å². The molecule has 0 aliphatic rings. The number of ether oxygens (including phenoxy) is 1. The smallest absolute Gasteiger partial charge is 0.319 e. The maximum absolute atomic E-state index is 12.1. The molecule has 1 unspecified atom stereocenters. The summed E-state index contributed by atoms with van der Waals surface area (Å²) in [6, 6.07) is 7.07. The first kappa shape index (κ1) is 15.9. The third kappa shape index (κ3) is 3.61. The minimum absolute atomic E-state index is 0.128. The lowest BCUT2D eigenvalue weighted by Gasteiger charge is -2.15. The maximum Gasteiger partial charge on any atom is 0.319 e. The Kier molecular flexibility index (Phi) is 4.75. The van der Waals surface area contributed by atoms with Crippen LogP contribution in [0.4, 0.5) is 10.5 Å². The number of urea groups is 1. The van der Waals surface area contributed by atoms with Crippen LogP contribution in [0.5, 0.6) is 5.75 Å². The lowest BCUT2D eigenvalue weighted by Crippen LogP contribution is -2.31. The number of aryl methyl sites for hydroxylation is 3. The SMILES string of the molecule is COc1ccc(NC(=O)NC(C)c2cc(C)oc2C)cc1C. The molecule has 2 aromatic rings. The summed E-state index contributed by atoms with van der Waals surface area (Å²) in [5.74, 6) is 2.46. The molecular formula is C17H22N2O3. The average molecular weight is 302 g/mol. The third-order valence-electron chi connectivity index (χ3n) is 3.55. The van der Waals surface area contributed by atoms with E-state index in [1.165, 1.54) is 0 Å². The number of carbonyl (C=O) groups excluding carboxylic acids is 1. The molecule has 1 aromatic heterocycles. The van der Waals surface area contributed by atoms with Gasteiger partial charge >= 0.3 is 6.03 Å². The van der Waals surface area contributed by atoms with Crippen molar-refractivity contribution in [2.24, 2.45) is 0 Å². The van der Waals surface area contributed by atoms with E-state index in [0.29, 0.717) is 0 Å². The highest BCUT2D eigenvalue weighted by Gasteiger charge is 2.15. The van der Waals surface area contributed by atoms with E-state index >= 15 is 0 Å². The molecule has 2 N–H and O–H groups in total. The first-order chi connectivity index (χ1) is 10.4. The van der Waals surface area contributed by atoms with E-state index in [9.17, 15) is 4.79 Å². The van der Waals surface area contributed by atoms with Crippen LogP contribution in [0.1, 0.15) is 35.6 Å². The normalized spacial score (nSPS) is 11.9. The minimum Gasteiger partial charge on any atom is -0.496 e. The molecule has 0 bridgehead atoms. The second kappa shape index (κ2) is 6.56. The van der Waals surface area contributed by atoms with Gasteiger partial charge in [0.25, 0.3) is 0 Å². The van der Waals surface area contributed by atoms with Gasteiger partial charge in [-0.3, -0.25) is 0 Å². The number of methoxy groups -OCH3 is 1. The molecule has 0 spiro atoms. The molecule has 0 saturated carbocycles. The van der Waals surface area contributed by atoms with Crippen molar-refractivity contribution in [1.82, 2.24) is 5.32 Å². The van der Waals surface area contributed by atoms with Crippen molar-refractivity contribution in [2.45, 2.75) is 33.7 Å². The Labute approximate surface area is 130 Å². The predicted molar refractivity (Wildman–Crippen MR) is 86.5 cm³/mol. The van der Waals surface area contributed by atoms with Gasteiger partial charge in [0.2, 0.25) is 0 Å². The quantitative estimate of drug-likeness (QED) is 0.894. The number of furan rings is 1. The first-order valence-electron chi connectivity index (χ1n) is 7.19. The molecule has 1 atom stereocenters. The van der Waals surface area contributed by atoms with E-state index in [-0.39, 0.29) is 12.1 Å². The average Bonchev–Trinajstić information content (AvgIpc) is 2.78. The Morgan fingerprint density at radius 1 is 1.23 bits per heavy atom. The van der Waals surface area contributed by atoms with Crippen LogP contribution < -0.4 is 15.4 Å². The number of nitrogens with one attached hydrogen (secondary N) is 2. The van der Waals surface area contributed by atoms with Gasteiger partial charge in [-0.15, -0.1) is 0 Å². The first-order valence-corrected chi connectivity index (χ1v) is 7.19. The molecule has 118 valence electrons. The maximum atomic E-state index is 12.1. The predicted octanol–water partition coefficient (Wildman–Crippen LogP) is 4.10. The molecule has 5 heteroatoms. The van der Waals surface area contributed by atoms with Crippen LogP contribution in [-0.4, -0.2) is 13.1 Å². The fourth-order valence-electron chi connectivity index (χ4n) is 2.48. The number of anilines is 1. The van der Waals surface area contributed by atoms with Gasteiger partial charge < -0.3 is 19.8 Å². The molecule has 0 saturated heterocycles. The van der Waals surface area contributed by atoms with Gasteiger partial charge in [0, 0.05) is 11.3 Å². The van der Waals surface area contributed by atoms with Crippen LogP contribution in [-0.2, 0) is 0 Å². The Bertz CT molecular complexity index is 677. The lowest BCUT2D eigenvalue weighted by molar-refractivity contribution is 0.249. The largest absolute Gasteiger partial charge is 0.496 e. The van der Waals surface area contributed by atoms with Gasteiger partial charge in [0.1, 0.15) is 17.3 Å². The highest BCUT2D eigenvalue weighted by atomic mass is 16.5. The van der Waals surface area contributed by atoms with Gasteiger partial charge in [-0.1, -0.05) is 0 Å². The Balaban J connectivity index is 2.01. The lowest BCUT2D eigenvalue weighted by atomic mass is 10.1. The van der Waals surface area contributed by atoms with Gasteiger partial charge in [0.15, 0.2) is 0 Å². The monoisotopic (exact) mass is 302 g/mol. The van der Waals surface area contributed by atoms with E-state index in [0.717, 1.165) is 34.1 Å². The van der Waals surface area contributed by atoms with Crippen molar-refractivity contribution >= 4 is 11.7 Å². The Morgan fingerprint density at radius 3 is 2.50 bits per heavy atom. The van der Waals surface area contributed by atoms with E-state index in [4.69, 9.17) is 9.15 Å². The standard InChI is InChI=1S/C17H22N2O3/c1-10-8-14(6-7-16(10)21-5)19-17(20)18-12(3)15-9-11(2)22-13(15)4/h6-9,12H,1-5H3,(H2,18,19,20). The summed E-state index contributed by atoms with van der Waals surface area (Å²) in [4.78, 5) is 12.1. The molecular weight excluding hydrogens is 280 g/mol. The van der Waals surface area contributed by atoms with Gasteiger partial charge in [-0.05, 0) is 57.5 Å². The fourth-order valence-corrected chi connectivity index (χ4v) is 2.48. The van der Waals surface area contributed by atoms with E-state index < -0.39 is 0 Å². The van der Waals surface area contributed by atoms with Crippen LogP contribution in [0, 0.1) is 20.8 Å². The summed E-state index contributed by atoms with van der Waals surface area (Å²) < 4.78 is 10.7. The van der Waals surface area contributed by atoms with E-state index in [1.54, 1.807) is 7.11 Å². The highest BCUT2D eigenvalue weighted by molar-refractivity contribution is 5.89. The summed E-state index contributed by atoms with van der Waals surface area (Å²) >= 11 is 0. The summed E-state index contributed by atoms with van der Waals surface area (Å²) in [7, 11) is 1.62. The topological polar surface area (TPSA) is 63.5 Å². The molecule has 0 aliphatic heterocycles. The summed E-state index contributed by atoms with van der Waals surface area (Å²) in [5.41, 5.74) is 2.68. The zero-order chi connectivity index (χ0) is 16.3.